The molecule has 1 N–H and O–H groups in total. The Morgan fingerprint density at radius 3 is 2.50 bits per heavy atom. The molecule has 0 aliphatic carbocycles. The van der Waals surface area contributed by atoms with Crippen LogP contribution in [0.15, 0.2) is 60.8 Å². The van der Waals surface area contributed by atoms with Crippen LogP contribution >= 0.6 is 0 Å². The number of hydrogen-bond acceptors (Lipinski definition) is 4. The summed E-state index contributed by atoms with van der Waals surface area (Å²) in [4.78, 5) is 11.4. The van der Waals surface area contributed by atoms with Crippen LogP contribution in [-0.2, 0) is 13.0 Å². The molecule has 4 nitrogen and oxygen atoms in total. The van der Waals surface area contributed by atoms with Gasteiger partial charge >= 0.3 is 0 Å². The first-order valence-corrected chi connectivity index (χ1v) is 9.21. The van der Waals surface area contributed by atoms with E-state index in [-0.39, 0.29) is 0 Å². The van der Waals surface area contributed by atoms with Crippen LogP contribution in [0, 0.1) is 0 Å². The van der Waals surface area contributed by atoms with Crippen molar-refractivity contribution in [2.75, 3.05) is 16.8 Å². The number of nitrogens with zero attached hydrogens (tertiary/aromatic N) is 3. The van der Waals surface area contributed by atoms with Gasteiger partial charge in [0.05, 0.1) is 0 Å². The number of fused-ring (bicyclic) bond motifs is 1. The molecule has 0 saturated carbocycles. The molecule has 3 aromatic rings. The van der Waals surface area contributed by atoms with Gasteiger partial charge in [-0.05, 0) is 47.2 Å². The summed E-state index contributed by atoms with van der Waals surface area (Å²) in [5.41, 5.74) is 5.17. The van der Waals surface area contributed by atoms with Crippen LogP contribution < -0.4 is 10.2 Å². The van der Waals surface area contributed by atoms with Gasteiger partial charge in [-0.2, -0.15) is 4.98 Å². The van der Waals surface area contributed by atoms with E-state index in [1.807, 2.05) is 12.3 Å². The molecule has 4 rings (SSSR count). The Morgan fingerprint density at radius 2 is 1.73 bits per heavy atom. The summed E-state index contributed by atoms with van der Waals surface area (Å²) >= 11 is 0. The normalized spacial score (nSPS) is 13.6. The smallest absolute Gasteiger partial charge is 0.229 e. The molecule has 0 unspecified atom stereocenters. The van der Waals surface area contributed by atoms with Crippen molar-refractivity contribution >= 4 is 17.5 Å². The molecule has 1 aliphatic heterocycles. The van der Waals surface area contributed by atoms with Gasteiger partial charge < -0.3 is 10.2 Å². The first-order chi connectivity index (χ1) is 12.7. The topological polar surface area (TPSA) is 41.1 Å². The van der Waals surface area contributed by atoms with Crippen molar-refractivity contribution < 1.29 is 0 Å². The zero-order valence-electron chi connectivity index (χ0n) is 15.3. The highest BCUT2D eigenvalue weighted by Gasteiger charge is 2.17. The second-order valence-corrected chi connectivity index (χ2v) is 7.08. The molecular weight excluding hydrogens is 320 g/mol. The molecule has 26 heavy (non-hydrogen) atoms. The van der Waals surface area contributed by atoms with Crippen LogP contribution in [0.1, 0.15) is 36.5 Å². The summed E-state index contributed by atoms with van der Waals surface area (Å²) in [5, 5.41) is 3.32. The summed E-state index contributed by atoms with van der Waals surface area (Å²) in [7, 11) is 0. The van der Waals surface area contributed by atoms with E-state index in [1.54, 1.807) is 0 Å². The zero-order chi connectivity index (χ0) is 17.9. The Bertz CT molecular complexity index is 887. The van der Waals surface area contributed by atoms with Gasteiger partial charge in [-0.1, -0.05) is 50.2 Å². The summed E-state index contributed by atoms with van der Waals surface area (Å²) in [6, 6.07) is 19.1. The van der Waals surface area contributed by atoms with Crippen LogP contribution in [0.5, 0.6) is 0 Å². The molecule has 132 valence electrons. The van der Waals surface area contributed by atoms with Crippen molar-refractivity contribution in [3.05, 3.63) is 77.5 Å². The molecule has 0 spiro atoms. The first-order valence-electron chi connectivity index (χ1n) is 9.21. The van der Waals surface area contributed by atoms with Crippen molar-refractivity contribution in [2.45, 2.75) is 32.7 Å². The molecule has 0 amide bonds. The third-order valence-electron chi connectivity index (χ3n) is 4.93. The highest BCUT2D eigenvalue weighted by atomic mass is 15.2. The van der Waals surface area contributed by atoms with Gasteiger partial charge in [-0.3, -0.25) is 0 Å². The summed E-state index contributed by atoms with van der Waals surface area (Å²) in [6.45, 7) is 6.28. The summed E-state index contributed by atoms with van der Waals surface area (Å²) in [5.74, 6) is 2.14. The summed E-state index contributed by atoms with van der Waals surface area (Å²) in [6.07, 6.45) is 2.88. The first kappa shape index (κ1) is 16.6. The lowest BCUT2D eigenvalue weighted by Crippen LogP contribution is -2.31. The fourth-order valence-corrected chi connectivity index (χ4v) is 3.36. The van der Waals surface area contributed by atoms with Gasteiger partial charge in [-0.25, -0.2) is 4.98 Å². The minimum absolute atomic E-state index is 0.533. The van der Waals surface area contributed by atoms with E-state index < -0.39 is 0 Å². The lowest BCUT2D eigenvalue weighted by molar-refractivity contribution is 0.720. The Hall–Kier alpha value is -2.88. The maximum atomic E-state index is 4.73. The lowest BCUT2D eigenvalue weighted by atomic mass is 10.00. The van der Waals surface area contributed by atoms with E-state index in [2.05, 4.69) is 77.6 Å². The largest absolute Gasteiger partial charge is 0.352 e. The Balaban J connectivity index is 1.50. The quantitative estimate of drug-likeness (QED) is 0.730. The molecule has 0 saturated heterocycles. The van der Waals surface area contributed by atoms with Crippen LogP contribution in [-0.4, -0.2) is 16.5 Å². The molecule has 2 heterocycles. The average molecular weight is 344 g/mol. The van der Waals surface area contributed by atoms with E-state index in [1.165, 1.54) is 16.7 Å². The highest BCUT2D eigenvalue weighted by Crippen LogP contribution is 2.24. The Kier molecular flexibility index (Phi) is 4.57. The van der Waals surface area contributed by atoms with Crippen molar-refractivity contribution in [3.8, 4) is 0 Å². The molecule has 0 radical (unpaired) electrons. The average Bonchev–Trinajstić information content (AvgIpc) is 2.68. The van der Waals surface area contributed by atoms with Crippen LogP contribution in [0.3, 0.4) is 0 Å². The van der Waals surface area contributed by atoms with Crippen molar-refractivity contribution in [2.24, 2.45) is 0 Å². The van der Waals surface area contributed by atoms with Crippen LogP contribution in [0.2, 0.25) is 0 Å². The number of anilines is 3. The maximum Gasteiger partial charge on any atom is 0.229 e. The zero-order valence-corrected chi connectivity index (χ0v) is 15.3. The monoisotopic (exact) mass is 344 g/mol. The number of benzene rings is 2. The molecule has 0 atom stereocenters. The molecule has 4 heteroatoms. The number of nitrogens with one attached hydrogen (secondary N) is 1. The molecule has 0 bridgehead atoms. The minimum atomic E-state index is 0.533. The number of hydrogen-bond donors (Lipinski definition) is 1. The van der Waals surface area contributed by atoms with E-state index in [9.17, 15) is 0 Å². The predicted octanol–water partition coefficient (Wildman–Crippen LogP) is 4.91. The van der Waals surface area contributed by atoms with E-state index in [4.69, 9.17) is 4.98 Å². The summed E-state index contributed by atoms with van der Waals surface area (Å²) < 4.78 is 0. The second-order valence-electron chi connectivity index (χ2n) is 7.08. The van der Waals surface area contributed by atoms with Gasteiger partial charge in [0, 0.05) is 25.0 Å². The Labute approximate surface area is 154 Å². The molecule has 2 aromatic carbocycles. The SMILES string of the molecule is CC(C)c1ccc(Nc2nccc(N3CCc4ccccc4C3)n2)cc1. The van der Waals surface area contributed by atoms with Crippen LogP contribution in [0.4, 0.5) is 17.5 Å². The van der Waals surface area contributed by atoms with Crippen molar-refractivity contribution in [3.63, 3.8) is 0 Å². The van der Waals surface area contributed by atoms with Crippen LogP contribution in [0.25, 0.3) is 0 Å². The fraction of sp³-hybridized carbons (Fsp3) is 0.273. The van der Waals surface area contributed by atoms with E-state index in [0.29, 0.717) is 11.9 Å². The molecule has 1 aliphatic rings. The third-order valence-corrected chi connectivity index (χ3v) is 4.93. The number of rotatable bonds is 4. The van der Waals surface area contributed by atoms with Crippen molar-refractivity contribution in [1.29, 1.82) is 0 Å². The second kappa shape index (κ2) is 7.16. The number of aromatic nitrogens is 2. The van der Waals surface area contributed by atoms with Gasteiger partial charge in [0.25, 0.3) is 0 Å². The lowest BCUT2D eigenvalue weighted by Gasteiger charge is -2.29. The van der Waals surface area contributed by atoms with E-state index in [0.717, 1.165) is 31.0 Å². The maximum absolute atomic E-state index is 4.73. The van der Waals surface area contributed by atoms with Gasteiger partial charge in [0.15, 0.2) is 0 Å². The third kappa shape index (κ3) is 3.54. The standard InChI is InChI=1S/C22H24N4/c1-16(2)17-7-9-20(10-8-17)24-22-23-13-11-21(25-22)26-14-12-18-5-3-4-6-19(18)15-26/h3-11,13,16H,12,14-15H2,1-2H3,(H,23,24,25). The molecular formula is C22H24N4. The van der Waals surface area contributed by atoms with Gasteiger partial charge in [0.2, 0.25) is 5.95 Å². The molecule has 0 fully saturated rings. The molecule has 1 aromatic heterocycles. The van der Waals surface area contributed by atoms with Gasteiger partial charge in [-0.15, -0.1) is 0 Å². The van der Waals surface area contributed by atoms with E-state index >= 15 is 0 Å². The fourth-order valence-electron chi connectivity index (χ4n) is 3.36. The predicted molar refractivity (Wildman–Crippen MR) is 107 cm³/mol. The highest BCUT2D eigenvalue weighted by molar-refractivity contribution is 5.56. The Morgan fingerprint density at radius 1 is 0.962 bits per heavy atom. The van der Waals surface area contributed by atoms with Crippen molar-refractivity contribution in [1.82, 2.24) is 9.97 Å². The van der Waals surface area contributed by atoms with Gasteiger partial charge in [0.1, 0.15) is 5.82 Å². The minimum Gasteiger partial charge on any atom is -0.352 e.